The molecule has 1 aliphatic carbocycles. The van der Waals surface area contributed by atoms with Crippen LogP contribution in [0.25, 0.3) is 0 Å². The topological polar surface area (TPSA) is 15.3 Å². The smallest absolute Gasteiger partial charge is 0.0169 e. The van der Waals surface area contributed by atoms with Crippen LogP contribution in [0.3, 0.4) is 0 Å². The molecule has 2 nitrogen and oxygen atoms in total. The third-order valence-electron chi connectivity index (χ3n) is 4.19. The molecular weight excluding hydrogens is 196 g/mol. The highest BCUT2D eigenvalue weighted by Crippen LogP contribution is 2.29. The van der Waals surface area contributed by atoms with Crippen LogP contribution < -0.4 is 5.32 Å². The maximum absolute atomic E-state index is 3.61. The predicted octanol–water partition coefficient (Wildman–Crippen LogP) is 2.49. The molecule has 0 radical (unpaired) electrons. The molecular formula is C14H28N2. The molecule has 0 aromatic rings. The van der Waals surface area contributed by atoms with Crippen LogP contribution in [0, 0.1) is 11.8 Å². The van der Waals surface area contributed by atoms with Gasteiger partial charge < -0.3 is 5.32 Å². The van der Waals surface area contributed by atoms with E-state index < -0.39 is 0 Å². The van der Waals surface area contributed by atoms with Gasteiger partial charge in [-0.25, -0.2) is 0 Å². The largest absolute Gasteiger partial charge is 0.309 e. The van der Waals surface area contributed by atoms with Gasteiger partial charge in [-0.2, -0.15) is 0 Å². The summed E-state index contributed by atoms with van der Waals surface area (Å²) in [6.45, 7) is 10.9. The lowest BCUT2D eigenvalue weighted by atomic mass is 9.82. The van der Waals surface area contributed by atoms with Gasteiger partial charge in [-0.05, 0) is 38.5 Å². The predicted molar refractivity (Wildman–Crippen MR) is 69.6 cm³/mol. The van der Waals surface area contributed by atoms with Crippen LogP contribution in [0.4, 0.5) is 0 Å². The molecule has 0 aromatic heterocycles. The van der Waals surface area contributed by atoms with Gasteiger partial charge in [-0.1, -0.05) is 19.8 Å². The van der Waals surface area contributed by atoms with Crippen molar-refractivity contribution >= 4 is 0 Å². The molecule has 1 N–H and O–H groups in total. The number of hydrogen-bond donors (Lipinski definition) is 1. The lowest BCUT2D eigenvalue weighted by molar-refractivity contribution is 0.128. The second kappa shape index (κ2) is 5.50. The molecule has 94 valence electrons. The molecule has 1 saturated heterocycles. The van der Waals surface area contributed by atoms with Crippen LogP contribution >= 0.6 is 0 Å². The molecule has 1 saturated carbocycles. The summed E-state index contributed by atoms with van der Waals surface area (Å²) in [5.74, 6) is 1.94. The third-order valence-corrected chi connectivity index (χ3v) is 4.19. The summed E-state index contributed by atoms with van der Waals surface area (Å²) >= 11 is 0. The van der Waals surface area contributed by atoms with E-state index in [1.807, 2.05) is 0 Å². The quantitative estimate of drug-likeness (QED) is 0.775. The molecule has 0 aromatic carbocycles. The molecule has 0 amide bonds. The molecule has 2 fully saturated rings. The SMILES string of the molecule is CC1CCCC(CN2CC(C)NC(C)C2)C1. The lowest BCUT2D eigenvalue weighted by Crippen LogP contribution is -2.55. The van der Waals surface area contributed by atoms with E-state index in [0.717, 1.165) is 11.8 Å². The van der Waals surface area contributed by atoms with Crippen molar-refractivity contribution in [2.45, 2.75) is 58.5 Å². The van der Waals surface area contributed by atoms with Crippen molar-refractivity contribution in [3.05, 3.63) is 0 Å². The number of nitrogens with zero attached hydrogens (tertiary/aromatic N) is 1. The molecule has 4 atom stereocenters. The molecule has 2 rings (SSSR count). The maximum Gasteiger partial charge on any atom is 0.0169 e. The molecule has 1 heterocycles. The Morgan fingerprint density at radius 2 is 1.75 bits per heavy atom. The molecule has 0 bridgehead atoms. The summed E-state index contributed by atoms with van der Waals surface area (Å²) in [6, 6.07) is 1.34. The fourth-order valence-electron chi connectivity index (χ4n) is 3.68. The number of rotatable bonds is 2. The zero-order valence-corrected chi connectivity index (χ0v) is 11.2. The van der Waals surface area contributed by atoms with E-state index >= 15 is 0 Å². The molecule has 0 spiro atoms. The minimum Gasteiger partial charge on any atom is -0.309 e. The first kappa shape index (κ1) is 12.4. The molecule has 2 aliphatic rings. The van der Waals surface area contributed by atoms with E-state index in [2.05, 4.69) is 31.0 Å². The summed E-state index contributed by atoms with van der Waals surface area (Å²) in [4.78, 5) is 2.69. The van der Waals surface area contributed by atoms with Crippen molar-refractivity contribution in [1.82, 2.24) is 10.2 Å². The van der Waals surface area contributed by atoms with Gasteiger partial charge in [-0.3, -0.25) is 4.90 Å². The number of hydrogen-bond acceptors (Lipinski definition) is 2. The van der Waals surface area contributed by atoms with Gasteiger partial charge in [-0.15, -0.1) is 0 Å². The van der Waals surface area contributed by atoms with Crippen molar-refractivity contribution in [2.24, 2.45) is 11.8 Å². The highest BCUT2D eigenvalue weighted by Gasteiger charge is 2.25. The standard InChI is InChI=1S/C14H28N2/c1-11-5-4-6-14(7-11)10-16-8-12(2)15-13(3)9-16/h11-15H,4-10H2,1-3H3. The second-order valence-electron chi connectivity index (χ2n) is 6.33. The monoisotopic (exact) mass is 224 g/mol. The van der Waals surface area contributed by atoms with Gasteiger partial charge >= 0.3 is 0 Å². The second-order valence-corrected chi connectivity index (χ2v) is 6.33. The van der Waals surface area contributed by atoms with Crippen LogP contribution in [-0.4, -0.2) is 36.6 Å². The van der Waals surface area contributed by atoms with Crippen molar-refractivity contribution in [2.75, 3.05) is 19.6 Å². The van der Waals surface area contributed by atoms with Crippen molar-refractivity contribution in [3.8, 4) is 0 Å². The van der Waals surface area contributed by atoms with Crippen LogP contribution in [-0.2, 0) is 0 Å². The van der Waals surface area contributed by atoms with Crippen molar-refractivity contribution in [1.29, 1.82) is 0 Å². The first-order valence-corrected chi connectivity index (χ1v) is 7.12. The summed E-state index contributed by atoms with van der Waals surface area (Å²) < 4.78 is 0. The van der Waals surface area contributed by atoms with Gasteiger partial charge in [0.1, 0.15) is 0 Å². The summed E-state index contributed by atoms with van der Waals surface area (Å²) in [7, 11) is 0. The Kier molecular flexibility index (Phi) is 4.26. The van der Waals surface area contributed by atoms with E-state index in [0.29, 0.717) is 12.1 Å². The minimum absolute atomic E-state index is 0.671. The molecule has 1 aliphatic heterocycles. The Morgan fingerprint density at radius 1 is 1.06 bits per heavy atom. The Labute approximate surface area is 101 Å². The Morgan fingerprint density at radius 3 is 2.38 bits per heavy atom. The zero-order valence-electron chi connectivity index (χ0n) is 11.2. The maximum atomic E-state index is 3.61. The van der Waals surface area contributed by atoms with Crippen LogP contribution in [0.1, 0.15) is 46.5 Å². The van der Waals surface area contributed by atoms with Crippen LogP contribution in [0.2, 0.25) is 0 Å². The van der Waals surface area contributed by atoms with E-state index in [-0.39, 0.29) is 0 Å². The van der Waals surface area contributed by atoms with Gasteiger partial charge in [0.2, 0.25) is 0 Å². The average Bonchev–Trinajstić information content (AvgIpc) is 2.15. The summed E-state index contributed by atoms with van der Waals surface area (Å²) in [6.07, 6.45) is 5.86. The van der Waals surface area contributed by atoms with E-state index in [1.165, 1.54) is 45.3 Å². The fraction of sp³-hybridized carbons (Fsp3) is 1.00. The van der Waals surface area contributed by atoms with Crippen molar-refractivity contribution < 1.29 is 0 Å². The van der Waals surface area contributed by atoms with E-state index in [4.69, 9.17) is 0 Å². The van der Waals surface area contributed by atoms with Crippen molar-refractivity contribution in [3.63, 3.8) is 0 Å². The van der Waals surface area contributed by atoms with Gasteiger partial charge in [0.25, 0.3) is 0 Å². The zero-order chi connectivity index (χ0) is 11.5. The van der Waals surface area contributed by atoms with Gasteiger partial charge in [0.15, 0.2) is 0 Å². The molecule has 16 heavy (non-hydrogen) atoms. The van der Waals surface area contributed by atoms with Gasteiger partial charge in [0, 0.05) is 31.7 Å². The fourth-order valence-corrected chi connectivity index (χ4v) is 3.68. The number of nitrogens with one attached hydrogen (secondary N) is 1. The number of piperazine rings is 1. The van der Waals surface area contributed by atoms with Crippen LogP contribution in [0.5, 0.6) is 0 Å². The molecule has 2 heteroatoms. The van der Waals surface area contributed by atoms with E-state index in [9.17, 15) is 0 Å². The first-order valence-electron chi connectivity index (χ1n) is 7.12. The highest BCUT2D eigenvalue weighted by molar-refractivity contribution is 4.83. The summed E-state index contributed by atoms with van der Waals surface area (Å²) in [5.41, 5.74) is 0. The Hall–Kier alpha value is -0.0800. The third kappa shape index (κ3) is 3.46. The van der Waals surface area contributed by atoms with E-state index in [1.54, 1.807) is 0 Å². The normalized spacial score (nSPS) is 42.2. The lowest BCUT2D eigenvalue weighted by Gasteiger charge is -2.39. The minimum atomic E-state index is 0.671. The summed E-state index contributed by atoms with van der Waals surface area (Å²) in [5, 5.41) is 3.61. The van der Waals surface area contributed by atoms with Gasteiger partial charge in [0.05, 0.1) is 0 Å². The Balaban J connectivity index is 1.79. The van der Waals surface area contributed by atoms with Crippen LogP contribution in [0.15, 0.2) is 0 Å². The molecule has 4 unspecified atom stereocenters. The first-order chi connectivity index (χ1) is 7.63. The average molecular weight is 224 g/mol. The highest BCUT2D eigenvalue weighted by atomic mass is 15.2. The Bertz CT molecular complexity index is 207.